The fourth-order valence-electron chi connectivity index (χ4n) is 13.7. The third kappa shape index (κ3) is 87.6. The second-order valence-electron chi connectivity index (χ2n) is 27.0. The molecular formula is C87H174B5N12O17S3. The summed E-state index contributed by atoms with van der Waals surface area (Å²) in [5.74, 6) is 0.527. The number of carbonyl (C=O) groups excluding carboxylic acids is 4. The highest BCUT2D eigenvalue weighted by atomic mass is 32.2. The minimum Gasteiger partial charge on any atom is -0.462 e. The van der Waals surface area contributed by atoms with Gasteiger partial charge in [-0.15, -0.1) is 0 Å². The minimum atomic E-state index is -3.90. The first-order chi connectivity index (χ1) is 57.1. The van der Waals surface area contributed by atoms with Crippen LogP contribution in [0, 0.1) is 42.4 Å². The first kappa shape index (κ1) is 150. The number of hydrogen-bond acceptors (Lipinski definition) is 22. The van der Waals surface area contributed by atoms with Crippen LogP contribution in [0.3, 0.4) is 0 Å². The van der Waals surface area contributed by atoms with Crippen LogP contribution in [0.2, 0.25) is 0 Å². The average molecular weight is 1810 g/mol. The Morgan fingerprint density at radius 3 is 1.06 bits per heavy atom. The molecule has 0 amide bonds. The van der Waals surface area contributed by atoms with E-state index in [9.17, 15) is 56.4 Å². The number of nitrogens with zero attached hydrogens (tertiary/aromatic N) is 12. The number of benzene rings is 1. The van der Waals surface area contributed by atoms with Crippen molar-refractivity contribution in [3.8, 4) is 0 Å². The van der Waals surface area contributed by atoms with Gasteiger partial charge in [-0.2, -0.15) is 16.8 Å². The van der Waals surface area contributed by atoms with E-state index in [4.69, 9.17) is 44.7 Å². The largest absolute Gasteiger partial charge is 0.462 e. The number of hydrogen-bond donors (Lipinski definition) is 4. The van der Waals surface area contributed by atoms with E-state index >= 15 is 0 Å². The first-order valence-corrected chi connectivity index (χ1v) is 49.5. The molecule has 717 valence electrons. The molecule has 1 aromatic carbocycles. The Labute approximate surface area is 769 Å². The van der Waals surface area contributed by atoms with Crippen LogP contribution in [-0.4, -0.2) is 195 Å². The van der Waals surface area contributed by atoms with Gasteiger partial charge in [-0.25, -0.2) is 0 Å². The van der Waals surface area contributed by atoms with Gasteiger partial charge in [0.2, 0.25) is 0 Å². The summed E-state index contributed by atoms with van der Waals surface area (Å²) in [6, 6.07) is 6.36. The molecule has 5 aliphatic rings. The molecule has 5 aliphatic carbocycles. The van der Waals surface area contributed by atoms with Crippen molar-refractivity contribution in [3.05, 3.63) is 71.6 Å². The summed E-state index contributed by atoms with van der Waals surface area (Å²) in [6.45, 7) is 50.2. The second kappa shape index (κ2) is 107. The van der Waals surface area contributed by atoms with Crippen LogP contribution in [0.25, 0.3) is 41.8 Å². The van der Waals surface area contributed by atoms with Crippen LogP contribution in [0.4, 0.5) is 0 Å². The topological polar surface area (TPSA) is 459 Å². The van der Waals surface area contributed by atoms with Crippen molar-refractivity contribution in [3.63, 3.8) is 0 Å². The lowest BCUT2D eigenvalue weighted by molar-refractivity contribution is -0.151. The number of azide groups is 4. The number of aryl methyl sites for hydroxylation is 1. The first-order valence-electron chi connectivity index (χ1n) is 45.4. The molecule has 4 N–H and O–H groups in total. The molecule has 15 atom stereocenters. The third-order valence-corrected chi connectivity index (χ3v) is 21.5. The second-order valence-corrected chi connectivity index (χ2v) is 31.7. The maximum Gasteiger partial charge on any atom is 0.302 e. The Balaban J connectivity index is -0.0000000963. The molecule has 124 heavy (non-hydrogen) atoms. The SMILES string of the molecule is CC.CC.CC.CC.CC.CC.CC.CC.CC.CC.CC(=O)O[C@H]1CCCCC[C@H]1C[C@@H](O)CN=[N+]=[N-].CC(=O)O[C@H]1CCCCC[C@H]1C[C@@H](O)COS(=O)(=O)c1ccc(C)cc1.CC(=O)O[C@H]1CCCCC[C@H]1C[C@H](C)CN=[N+]=[N-].CC(=O)S[C@@H]1CCCCC[C@H]1CC(CN=[N+]=[N-])OS(C)(=O)=O.[B].[B].[B].[B].[B].[N-]=[N+]=NC[C@@H](O)C[C@@H]1CCCCC[C@@H]1O. The van der Waals surface area contributed by atoms with Gasteiger partial charge in [-0.1, -0.05) is 272 Å². The van der Waals surface area contributed by atoms with E-state index in [2.05, 4.69) is 47.0 Å². The predicted molar refractivity (Wildman–Crippen MR) is 520 cm³/mol. The Morgan fingerprint density at radius 2 is 0.718 bits per heavy atom. The van der Waals surface area contributed by atoms with Gasteiger partial charge >= 0.3 is 17.9 Å². The van der Waals surface area contributed by atoms with Crippen LogP contribution < -0.4 is 0 Å². The molecule has 5 saturated carbocycles. The lowest BCUT2D eigenvalue weighted by Crippen LogP contribution is -2.30. The van der Waals surface area contributed by atoms with Gasteiger partial charge in [-0.05, 0) is 192 Å². The molecule has 6 rings (SSSR count). The third-order valence-electron chi connectivity index (χ3n) is 18.3. The number of esters is 3. The summed E-state index contributed by atoms with van der Waals surface area (Å²) in [4.78, 5) is 55.7. The van der Waals surface area contributed by atoms with Gasteiger partial charge in [0, 0.05) is 101 Å². The van der Waals surface area contributed by atoms with Crippen molar-refractivity contribution in [1.29, 1.82) is 0 Å². The molecule has 5 fully saturated rings. The Bertz CT molecular complexity index is 2910. The fraction of sp³-hybridized carbons (Fsp3) is 0.885. The summed E-state index contributed by atoms with van der Waals surface area (Å²) in [5.41, 5.74) is 34.0. The number of carbonyl (C=O) groups is 4. The summed E-state index contributed by atoms with van der Waals surface area (Å²) >= 11 is 1.33. The van der Waals surface area contributed by atoms with Crippen molar-refractivity contribution in [1.82, 2.24) is 0 Å². The lowest BCUT2D eigenvalue weighted by Gasteiger charge is -2.27. The highest BCUT2D eigenvalue weighted by molar-refractivity contribution is 8.14. The van der Waals surface area contributed by atoms with Crippen LogP contribution in [0.15, 0.2) is 49.6 Å². The van der Waals surface area contributed by atoms with Gasteiger partial charge in [-0.3, -0.25) is 27.5 Å². The molecule has 0 saturated heterocycles. The van der Waals surface area contributed by atoms with Crippen LogP contribution in [0.1, 0.15) is 371 Å². The molecule has 1 unspecified atom stereocenters. The van der Waals surface area contributed by atoms with Crippen molar-refractivity contribution in [2.24, 2.45) is 56.0 Å². The zero-order valence-corrected chi connectivity index (χ0v) is 84.7. The van der Waals surface area contributed by atoms with Gasteiger partial charge in [0.15, 0.2) is 5.12 Å². The molecule has 1 aromatic rings. The van der Waals surface area contributed by atoms with Crippen molar-refractivity contribution < 1.29 is 79.0 Å². The molecule has 0 heterocycles. The standard InChI is InChI=1S/C19H28O6S.C13H23N3O4S2.C13H23N3O2.C12H21N3O3.C10H19N3O2.10C2H6.5B/c1-14-8-10-18(11-9-14)26(22,23)24-13-17(21)12-16-6-4-3-5-7-19(16)25-15(2)20;1-10(17)21-13-7-5-3-4-6-11(13)8-12(9-15-16-14)20-22(2,18)19;1-10(9-15-16-14)8-12-6-4-3-5-7-13(12)18-11(2)17;1-9(16)18-12-6-4-2-3-5-10(12)7-11(17)8-14-15-13;11-13-12-7-9(14)6-8-4-2-1-3-5-10(8)15;10*1-2;;;;;/h8-11,16-17,19,21H,3-7,12-13H2,1-2H3;11-13H,3-9H2,1-2H3;10,12-13H,3-9H2,1-2H3;10-12,17H,2-8H2,1H3;8-10,14-15H,1-7H2;10*1-2H3;;;;;/t16-,17+,19-;11-,12?,13+;10-,12-,13-;10-,11+,12-;8-,9-,10-;;;;;;;;;;;;;;;/m00000.............../s1. The number of rotatable bonds is 28. The number of aliphatic hydroxyl groups excluding tert-OH is 4. The average Bonchev–Trinajstić information content (AvgIpc) is 1.11. The Morgan fingerprint density at radius 1 is 0.419 bits per heavy atom. The molecule has 0 bridgehead atoms. The number of thioether (sulfide) groups is 1. The number of aliphatic hydroxyl groups is 4. The molecule has 15 radical (unpaired) electrons. The maximum atomic E-state index is 12.2. The Hall–Kier alpha value is -5.13. The van der Waals surface area contributed by atoms with Gasteiger partial charge in [0.1, 0.15) is 18.3 Å². The van der Waals surface area contributed by atoms with Crippen LogP contribution in [0.5, 0.6) is 0 Å². The summed E-state index contributed by atoms with van der Waals surface area (Å²) in [5, 5.41) is 53.4. The fourth-order valence-corrected chi connectivity index (χ4v) is 16.4. The van der Waals surface area contributed by atoms with Crippen molar-refractivity contribution in [2.45, 2.75) is 432 Å². The van der Waals surface area contributed by atoms with E-state index in [0.717, 1.165) is 159 Å². The van der Waals surface area contributed by atoms with Gasteiger partial charge in [0.25, 0.3) is 20.2 Å². The maximum absolute atomic E-state index is 12.2. The van der Waals surface area contributed by atoms with E-state index < -0.39 is 44.7 Å². The molecule has 0 aliphatic heterocycles. The van der Waals surface area contributed by atoms with E-state index in [1.807, 2.05) is 145 Å². The lowest BCUT2D eigenvalue weighted by atomic mass is 9.88. The molecular weight excluding hydrogens is 1640 g/mol. The van der Waals surface area contributed by atoms with E-state index in [0.29, 0.717) is 44.1 Å². The summed E-state index contributed by atoms with van der Waals surface area (Å²) in [6.07, 6.45) is 26.2. The van der Waals surface area contributed by atoms with E-state index in [-0.39, 0.29) is 150 Å². The molecule has 37 heteroatoms. The van der Waals surface area contributed by atoms with Crippen molar-refractivity contribution >= 4 is 97.1 Å². The minimum absolute atomic E-state index is 0. The molecule has 29 nitrogen and oxygen atoms in total. The van der Waals surface area contributed by atoms with Gasteiger partial charge in [0.05, 0.1) is 67.9 Å². The van der Waals surface area contributed by atoms with Gasteiger partial charge < -0.3 is 34.6 Å². The Kier molecular flexibility index (Phi) is 129. The zero-order chi connectivity index (χ0) is 93.6. The smallest absolute Gasteiger partial charge is 0.302 e. The van der Waals surface area contributed by atoms with Crippen molar-refractivity contribution in [2.75, 3.05) is 39.0 Å². The highest BCUT2D eigenvalue weighted by Crippen LogP contribution is 2.37. The predicted octanol–water partition coefficient (Wildman–Crippen LogP) is 23.0. The monoisotopic (exact) mass is 1810 g/mol. The molecule has 0 spiro atoms. The zero-order valence-electron chi connectivity index (χ0n) is 82.3. The number of ether oxygens (including phenoxy) is 3. The quantitative estimate of drug-likeness (QED) is 0.00884. The summed E-state index contributed by atoms with van der Waals surface area (Å²) < 4.78 is 73.4. The molecule has 0 aromatic heterocycles. The van der Waals surface area contributed by atoms with Crippen LogP contribution >= 0.6 is 11.8 Å². The summed E-state index contributed by atoms with van der Waals surface area (Å²) in [7, 11) is -7.51. The normalized spacial score (nSPS) is 20.4. The van der Waals surface area contributed by atoms with E-state index in [1.165, 1.54) is 63.9 Å². The van der Waals surface area contributed by atoms with E-state index in [1.54, 1.807) is 19.1 Å². The van der Waals surface area contributed by atoms with Crippen LogP contribution in [-0.2, 0) is 62.0 Å². The highest BCUT2D eigenvalue weighted by Gasteiger charge is 2.33.